The molecule has 0 spiro atoms. The fraction of sp³-hybridized carbons (Fsp3) is 0.385. The Kier molecular flexibility index (Phi) is 5.40. The van der Waals surface area contributed by atoms with Gasteiger partial charge in [-0.15, -0.1) is 17.8 Å². The van der Waals surface area contributed by atoms with Gasteiger partial charge in [-0.1, -0.05) is 12.8 Å². The van der Waals surface area contributed by atoms with Crippen LogP contribution in [0.4, 0.5) is 0 Å². The summed E-state index contributed by atoms with van der Waals surface area (Å²) in [7, 11) is 0. The van der Waals surface area contributed by atoms with Gasteiger partial charge < -0.3 is 10.1 Å². The van der Waals surface area contributed by atoms with E-state index in [1.165, 1.54) is 11.3 Å². The molecule has 5 heteroatoms. The molecule has 1 N–H and O–H groups in total. The number of nitrogens with one attached hydrogen (secondary N) is 1. The average molecular weight is 265 g/mol. The highest BCUT2D eigenvalue weighted by molar-refractivity contribution is 7.14. The molecule has 18 heavy (non-hydrogen) atoms. The Hall–Kier alpha value is -1.80. The smallest absolute Gasteiger partial charge is 0.348 e. The lowest BCUT2D eigenvalue weighted by Crippen LogP contribution is -2.28. The first-order chi connectivity index (χ1) is 8.58. The van der Waals surface area contributed by atoms with E-state index in [-0.39, 0.29) is 13.2 Å². The molecule has 0 aliphatic carbocycles. The van der Waals surface area contributed by atoms with Crippen LogP contribution in [0.25, 0.3) is 0 Å². The maximum Gasteiger partial charge on any atom is 0.348 e. The molecule has 0 aliphatic rings. The summed E-state index contributed by atoms with van der Waals surface area (Å²) in [6, 6.07) is 1.78. The van der Waals surface area contributed by atoms with Gasteiger partial charge in [0.2, 0.25) is 0 Å². The lowest BCUT2D eigenvalue weighted by molar-refractivity contribution is -0.123. The van der Waals surface area contributed by atoms with Crippen LogP contribution in [-0.2, 0) is 16.0 Å². The van der Waals surface area contributed by atoms with Crippen LogP contribution < -0.4 is 5.32 Å². The number of esters is 1. The summed E-state index contributed by atoms with van der Waals surface area (Å²) in [4.78, 5) is 24.5. The van der Waals surface area contributed by atoms with Crippen LogP contribution in [0.1, 0.15) is 27.0 Å². The van der Waals surface area contributed by atoms with Crippen molar-refractivity contribution in [3.63, 3.8) is 0 Å². The van der Waals surface area contributed by atoms with Crippen LogP contribution in [0.2, 0.25) is 0 Å². The molecular weight excluding hydrogens is 250 g/mol. The molecule has 0 atom stereocenters. The monoisotopic (exact) mass is 265 g/mol. The fourth-order valence-electron chi connectivity index (χ4n) is 1.37. The first kappa shape index (κ1) is 14.3. The second kappa shape index (κ2) is 6.82. The lowest BCUT2D eigenvalue weighted by atomic mass is 10.2. The number of hydrogen-bond acceptors (Lipinski definition) is 4. The van der Waals surface area contributed by atoms with E-state index < -0.39 is 11.9 Å². The van der Waals surface area contributed by atoms with Crippen molar-refractivity contribution in [3.05, 3.63) is 21.4 Å². The molecule has 1 rings (SSSR count). The molecule has 0 aliphatic heterocycles. The second-order valence-electron chi connectivity index (χ2n) is 3.63. The zero-order valence-electron chi connectivity index (χ0n) is 10.4. The van der Waals surface area contributed by atoms with E-state index in [0.29, 0.717) is 4.88 Å². The van der Waals surface area contributed by atoms with Crippen molar-refractivity contribution in [3.8, 4) is 12.3 Å². The maximum atomic E-state index is 11.7. The van der Waals surface area contributed by atoms with Crippen molar-refractivity contribution < 1.29 is 14.3 Å². The molecular formula is C13H15NO3S. The van der Waals surface area contributed by atoms with E-state index in [1.807, 2.05) is 13.8 Å². The summed E-state index contributed by atoms with van der Waals surface area (Å²) >= 11 is 1.40. The first-order valence-corrected chi connectivity index (χ1v) is 6.36. The molecule has 1 aromatic heterocycles. The molecule has 0 bridgehead atoms. The van der Waals surface area contributed by atoms with Crippen LogP contribution in [0.3, 0.4) is 0 Å². The van der Waals surface area contributed by atoms with Crippen LogP contribution in [0, 0.1) is 19.3 Å². The van der Waals surface area contributed by atoms with Crippen LogP contribution in [0.15, 0.2) is 6.07 Å². The van der Waals surface area contributed by atoms with Crippen molar-refractivity contribution in [2.45, 2.75) is 20.3 Å². The van der Waals surface area contributed by atoms with Crippen molar-refractivity contribution in [1.29, 1.82) is 0 Å². The number of terminal acetylenes is 1. The number of carbonyl (C=O) groups is 2. The van der Waals surface area contributed by atoms with Crippen LogP contribution in [-0.4, -0.2) is 25.0 Å². The minimum absolute atomic E-state index is 0.133. The van der Waals surface area contributed by atoms with Crippen LogP contribution in [0.5, 0.6) is 0 Å². The van der Waals surface area contributed by atoms with Gasteiger partial charge in [-0.2, -0.15) is 0 Å². The molecule has 0 fully saturated rings. The largest absolute Gasteiger partial charge is 0.451 e. The number of thiophene rings is 1. The lowest BCUT2D eigenvalue weighted by Gasteiger charge is -2.02. The molecule has 1 aromatic rings. The molecule has 1 amide bonds. The van der Waals surface area contributed by atoms with Crippen molar-refractivity contribution >= 4 is 23.2 Å². The molecule has 0 aromatic carbocycles. The van der Waals surface area contributed by atoms with Crippen LogP contribution >= 0.6 is 11.3 Å². The second-order valence-corrected chi connectivity index (χ2v) is 4.76. The normalized spacial score (nSPS) is 9.61. The van der Waals surface area contributed by atoms with Gasteiger partial charge in [0.1, 0.15) is 4.88 Å². The van der Waals surface area contributed by atoms with Gasteiger partial charge in [0.15, 0.2) is 6.61 Å². The van der Waals surface area contributed by atoms with Crippen molar-refractivity contribution in [2.24, 2.45) is 0 Å². The minimum atomic E-state index is -0.473. The topological polar surface area (TPSA) is 55.4 Å². The Labute approximate surface area is 110 Å². The Bertz CT molecular complexity index is 485. The molecule has 4 nitrogen and oxygen atoms in total. The first-order valence-electron chi connectivity index (χ1n) is 5.55. The zero-order chi connectivity index (χ0) is 13.5. The third kappa shape index (κ3) is 3.90. The number of ether oxygens (including phenoxy) is 1. The highest BCUT2D eigenvalue weighted by Gasteiger charge is 2.14. The average Bonchev–Trinajstić information content (AvgIpc) is 2.74. The molecule has 96 valence electrons. The number of amides is 1. The highest BCUT2D eigenvalue weighted by atomic mass is 32.1. The van der Waals surface area contributed by atoms with Crippen molar-refractivity contribution in [2.75, 3.05) is 13.2 Å². The summed E-state index contributed by atoms with van der Waals surface area (Å²) in [5, 5.41) is 2.42. The summed E-state index contributed by atoms with van der Waals surface area (Å²) in [6.45, 7) is 3.81. The number of carbonyl (C=O) groups excluding carboxylic acids is 2. The van der Waals surface area contributed by atoms with E-state index in [1.54, 1.807) is 6.07 Å². The Morgan fingerprint density at radius 1 is 1.56 bits per heavy atom. The summed E-state index contributed by atoms with van der Waals surface area (Å²) < 4.78 is 4.89. The fourth-order valence-corrected chi connectivity index (χ4v) is 2.38. The summed E-state index contributed by atoms with van der Waals surface area (Å²) in [5.74, 6) is 1.39. The molecule has 0 unspecified atom stereocenters. The number of hydrogen-bond donors (Lipinski definition) is 1. The predicted molar refractivity (Wildman–Crippen MR) is 70.6 cm³/mol. The number of aryl methyl sites for hydroxylation is 2. The standard InChI is InChI=1S/C13H15NO3S/c1-4-6-14-12(15)8-17-13(16)11-7-9(3)10(5-2)18-11/h1,7H,5-6,8H2,2-3H3,(H,14,15). The zero-order valence-corrected chi connectivity index (χ0v) is 11.2. The summed E-state index contributed by atoms with van der Waals surface area (Å²) in [5.41, 5.74) is 1.08. The van der Waals surface area contributed by atoms with Crippen molar-refractivity contribution in [1.82, 2.24) is 5.32 Å². The molecule has 0 saturated carbocycles. The summed E-state index contributed by atoms with van der Waals surface area (Å²) in [6.07, 6.45) is 5.87. The third-order valence-corrected chi connectivity index (χ3v) is 3.63. The maximum absolute atomic E-state index is 11.7. The van der Waals surface area contributed by atoms with Gasteiger partial charge in [0.05, 0.1) is 6.54 Å². The highest BCUT2D eigenvalue weighted by Crippen LogP contribution is 2.22. The van der Waals surface area contributed by atoms with E-state index in [4.69, 9.17) is 11.2 Å². The minimum Gasteiger partial charge on any atom is -0.451 e. The van der Waals surface area contributed by atoms with E-state index in [0.717, 1.165) is 16.9 Å². The Morgan fingerprint density at radius 2 is 2.28 bits per heavy atom. The van der Waals surface area contributed by atoms with Gasteiger partial charge in [-0.3, -0.25) is 4.79 Å². The molecule has 1 heterocycles. The SMILES string of the molecule is C#CCNC(=O)COC(=O)c1cc(C)c(CC)s1. The van der Waals surface area contributed by atoms with E-state index >= 15 is 0 Å². The van der Waals surface area contributed by atoms with Gasteiger partial charge >= 0.3 is 5.97 Å². The van der Waals surface area contributed by atoms with Gasteiger partial charge in [0, 0.05) is 4.88 Å². The van der Waals surface area contributed by atoms with Gasteiger partial charge in [0.25, 0.3) is 5.91 Å². The Morgan fingerprint density at radius 3 is 2.83 bits per heavy atom. The quantitative estimate of drug-likeness (QED) is 0.649. The van der Waals surface area contributed by atoms with E-state index in [2.05, 4.69) is 11.2 Å². The molecule has 0 saturated heterocycles. The van der Waals surface area contributed by atoms with Gasteiger partial charge in [-0.25, -0.2) is 4.79 Å². The predicted octanol–water partition coefficient (Wildman–Crippen LogP) is 1.53. The Balaban J connectivity index is 2.50. The molecule has 0 radical (unpaired) electrons. The van der Waals surface area contributed by atoms with E-state index in [9.17, 15) is 9.59 Å². The van der Waals surface area contributed by atoms with Gasteiger partial charge in [-0.05, 0) is 25.0 Å². The third-order valence-electron chi connectivity index (χ3n) is 2.26. The number of rotatable bonds is 5.